The van der Waals surface area contributed by atoms with E-state index in [2.05, 4.69) is 19.2 Å². The minimum absolute atomic E-state index is 0.264. The highest BCUT2D eigenvalue weighted by Gasteiger charge is 2.07. The fourth-order valence-electron chi connectivity index (χ4n) is 3.65. The molecule has 3 N–H and O–H groups in total. The van der Waals surface area contributed by atoms with Gasteiger partial charge >= 0.3 is 0 Å². The molecule has 0 aliphatic heterocycles. The van der Waals surface area contributed by atoms with Gasteiger partial charge in [0.05, 0.1) is 12.2 Å². The maximum atomic E-state index is 10.0. The van der Waals surface area contributed by atoms with Crippen LogP contribution in [-0.2, 0) is 0 Å². The van der Waals surface area contributed by atoms with Crippen molar-refractivity contribution in [2.75, 3.05) is 13.1 Å². The van der Waals surface area contributed by atoms with Crippen LogP contribution in [0, 0.1) is 0 Å². The Morgan fingerprint density at radius 2 is 0.778 bits per heavy atom. The summed E-state index contributed by atoms with van der Waals surface area (Å²) in [6.07, 6.45) is 22.1. The lowest BCUT2D eigenvalue weighted by Crippen LogP contribution is -2.33. The monoisotopic (exact) mass is 385 g/mol. The smallest absolute Gasteiger partial charge is 0.0664 e. The summed E-state index contributed by atoms with van der Waals surface area (Å²) in [5.74, 6) is 0. The average molecular weight is 386 g/mol. The number of hydrogen-bond acceptors (Lipinski definition) is 3. The van der Waals surface area contributed by atoms with Crippen LogP contribution in [0.4, 0.5) is 0 Å². The normalized spacial score (nSPS) is 13.8. The molecule has 0 unspecified atom stereocenters. The highest BCUT2D eigenvalue weighted by molar-refractivity contribution is 4.64. The Bertz CT molecular complexity index is 247. The summed E-state index contributed by atoms with van der Waals surface area (Å²) in [6, 6.07) is 0. The third-order valence-electron chi connectivity index (χ3n) is 5.54. The molecule has 0 aromatic carbocycles. The molecule has 3 nitrogen and oxygen atoms in total. The molecule has 0 fully saturated rings. The standard InChI is InChI=1S/C24H51NO2/c1-3-5-7-9-11-13-15-17-19-23(26)21-25-22-24(27)20-18-16-14-12-10-8-6-4-2/h23-27H,3-22H2,1-2H3/t23-,24-/m0/s1. The minimum Gasteiger partial charge on any atom is -0.392 e. The lowest BCUT2D eigenvalue weighted by molar-refractivity contribution is 0.132. The molecule has 2 atom stereocenters. The van der Waals surface area contributed by atoms with Gasteiger partial charge in [-0.25, -0.2) is 0 Å². The van der Waals surface area contributed by atoms with E-state index in [9.17, 15) is 10.2 Å². The lowest BCUT2D eigenvalue weighted by atomic mass is 10.1. The molecule has 0 amide bonds. The quantitative estimate of drug-likeness (QED) is 0.190. The lowest BCUT2D eigenvalue weighted by Gasteiger charge is -2.15. The molecule has 0 radical (unpaired) electrons. The van der Waals surface area contributed by atoms with Gasteiger partial charge in [0.25, 0.3) is 0 Å². The number of rotatable bonds is 22. The molecule has 164 valence electrons. The largest absolute Gasteiger partial charge is 0.392 e. The van der Waals surface area contributed by atoms with Gasteiger partial charge in [0.2, 0.25) is 0 Å². The van der Waals surface area contributed by atoms with Crippen molar-refractivity contribution in [3.05, 3.63) is 0 Å². The summed E-state index contributed by atoms with van der Waals surface area (Å²) in [5, 5.41) is 23.3. The Hall–Kier alpha value is -0.120. The molecule has 3 heteroatoms. The van der Waals surface area contributed by atoms with Gasteiger partial charge in [-0.05, 0) is 12.8 Å². The zero-order valence-electron chi connectivity index (χ0n) is 18.7. The number of aliphatic hydroxyl groups excluding tert-OH is 2. The van der Waals surface area contributed by atoms with E-state index in [1.54, 1.807) is 0 Å². The summed E-state index contributed by atoms with van der Waals surface area (Å²) in [4.78, 5) is 0. The molecule has 0 rings (SSSR count). The fourth-order valence-corrected chi connectivity index (χ4v) is 3.65. The van der Waals surface area contributed by atoms with Crippen LogP contribution in [0.1, 0.15) is 129 Å². The van der Waals surface area contributed by atoms with E-state index in [1.165, 1.54) is 89.9 Å². The summed E-state index contributed by atoms with van der Waals surface area (Å²) in [5.41, 5.74) is 0. The molecule has 0 saturated carbocycles. The Morgan fingerprint density at radius 3 is 1.11 bits per heavy atom. The minimum atomic E-state index is -0.264. The summed E-state index contributed by atoms with van der Waals surface area (Å²) in [7, 11) is 0. The number of hydrogen-bond donors (Lipinski definition) is 3. The maximum Gasteiger partial charge on any atom is 0.0664 e. The van der Waals surface area contributed by atoms with Crippen LogP contribution in [-0.4, -0.2) is 35.5 Å². The molecule has 27 heavy (non-hydrogen) atoms. The molecule has 0 spiro atoms. The van der Waals surface area contributed by atoms with Gasteiger partial charge in [-0.2, -0.15) is 0 Å². The SMILES string of the molecule is CCCCCCCCCC[C@H](O)CNC[C@@H](O)CCCCCCCCCC. The van der Waals surface area contributed by atoms with E-state index in [1.807, 2.05) is 0 Å². The van der Waals surface area contributed by atoms with Crippen LogP contribution in [0.5, 0.6) is 0 Å². The van der Waals surface area contributed by atoms with Crippen LogP contribution >= 0.6 is 0 Å². The van der Waals surface area contributed by atoms with Crippen molar-refractivity contribution in [1.29, 1.82) is 0 Å². The van der Waals surface area contributed by atoms with E-state index >= 15 is 0 Å². The Kier molecular flexibility index (Phi) is 22.1. The molecule has 0 saturated heterocycles. The van der Waals surface area contributed by atoms with Gasteiger partial charge in [0.1, 0.15) is 0 Å². The van der Waals surface area contributed by atoms with Crippen molar-refractivity contribution in [2.45, 2.75) is 142 Å². The fraction of sp³-hybridized carbons (Fsp3) is 1.00. The average Bonchev–Trinajstić information content (AvgIpc) is 2.66. The number of nitrogens with one attached hydrogen (secondary N) is 1. The van der Waals surface area contributed by atoms with Crippen molar-refractivity contribution in [2.24, 2.45) is 0 Å². The van der Waals surface area contributed by atoms with Gasteiger partial charge in [-0.3, -0.25) is 0 Å². The molecule has 0 aromatic rings. The maximum absolute atomic E-state index is 10.0. The van der Waals surface area contributed by atoms with Gasteiger partial charge in [0, 0.05) is 13.1 Å². The predicted octanol–water partition coefficient (Wildman–Crippen LogP) is 6.36. The summed E-state index contributed by atoms with van der Waals surface area (Å²) in [6.45, 7) is 5.74. The highest BCUT2D eigenvalue weighted by atomic mass is 16.3. The second-order valence-corrected chi connectivity index (χ2v) is 8.49. The molecule has 0 aliphatic carbocycles. The van der Waals surface area contributed by atoms with Crippen molar-refractivity contribution in [3.63, 3.8) is 0 Å². The van der Waals surface area contributed by atoms with Crippen molar-refractivity contribution < 1.29 is 10.2 Å². The Morgan fingerprint density at radius 1 is 0.481 bits per heavy atom. The first-order valence-corrected chi connectivity index (χ1v) is 12.3. The Labute approximate surface area is 170 Å². The predicted molar refractivity (Wildman–Crippen MR) is 119 cm³/mol. The van der Waals surface area contributed by atoms with Crippen LogP contribution in [0.3, 0.4) is 0 Å². The highest BCUT2D eigenvalue weighted by Crippen LogP contribution is 2.11. The second kappa shape index (κ2) is 22.2. The molecule has 0 heterocycles. The molecule has 0 aromatic heterocycles. The molecule has 0 aliphatic rings. The van der Waals surface area contributed by atoms with Crippen LogP contribution in [0.25, 0.3) is 0 Å². The first-order chi connectivity index (χ1) is 13.2. The van der Waals surface area contributed by atoms with E-state index in [-0.39, 0.29) is 12.2 Å². The van der Waals surface area contributed by atoms with Crippen LogP contribution in [0.15, 0.2) is 0 Å². The third-order valence-corrected chi connectivity index (χ3v) is 5.54. The van der Waals surface area contributed by atoms with Crippen molar-refractivity contribution >= 4 is 0 Å². The molecule has 0 bridgehead atoms. The zero-order chi connectivity index (χ0) is 20.0. The van der Waals surface area contributed by atoms with E-state index in [4.69, 9.17) is 0 Å². The Balaban J connectivity index is 3.29. The van der Waals surface area contributed by atoms with E-state index in [0.29, 0.717) is 13.1 Å². The topological polar surface area (TPSA) is 52.5 Å². The second-order valence-electron chi connectivity index (χ2n) is 8.49. The zero-order valence-corrected chi connectivity index (χ0v) is 18.7. The van der Waals surface area contributed by atoms with Gasteiger partial charge < -0.3 is 15.5 Å². The number of unbranched alkanes of at least 4 members (excludes halogenated alkanes) is 14. The van der Waals surface area contributed by atoms with Crippen molar-refractivity contribution in [3.8, 4) is 0 Å². The summed E-state index contributed by atoms with van der Waals surface area (Å²) < 4.78 is 0. The summed E-state index contributed by atoms with van der Waals surface area (Å²) >= 11 is 0. The van der Waals surface area contributed by atoms with Gasteiger partial charge in [-0.1, -0.05) is 117 Å². The van der Waals surface area contributed by atoms with Crippen molar-refractivity contribution in [1.82, 2.24) is 5.32 Å². The van der Waals surface area contributed by atoms with Gasteiger partial charge in [0.15, 0.2) is 0 Å². The van der Waals surface area contributed by atoms with Crippen LogP contribution < -0.4 is 5.32 Å². The number of aliphatic hydroxyl groups is 2. The molecular formula is C24H51NO2. The first-order valence-electron chi connectivity index (χ1n) is 12.3. The first kappa shape index (κ1) is 26.9. The third kappa shape index (κ3) is 22.0. The van der Waals surface area contributed by atoms with Gasteiger partial charge in [-0.15, -0.1) is 0 Å². The molecular weight excluding hydrogens is 334 g/mol. The van der Waals surface area contributed by atoms with E-state index in [0.717, 1.165) is 25.7 Å². The van der Waals surface area contributed by atoms with E-state index < -0.39 is 0 Å². The van der Waals surface area contributed by atoms with Crippen LogP contribution in [0.2, 0.25) is 0 Å².